The Morgan fingerprint density at radius 1 is 0.960 bits per heavy atom. The third-order valence-electron chi connectivity index (χ3n) is 3.59. The van der Waals surface area contributed by atoms with Crippen LogP contribution in [0.2, 0.25) is 0 Å². The fraction of sp³-hybridized carbons (Fsp3) is 0.300. The largest absolute Gasteiger partial charge is 0.494 e. The molecule has 25 heavy (non-hydrogen) atoms. The van der Waals surface area contributed by atoms with Crippen LogP contribution >= 0.6 is 0 Å². The number of ether oxygens (including phenoxy) is 1. The molecule has 2 aromatic carbocycles. The van der Waals surface area contributed by atoms with Crippen LogP contribution in [0, 0.1) is 0 Å². The van der Waals surface area contributed by atoms with E-state index in [-0.39, 0.29) is 11.8 Å². The number of nitrogens with one attached hydrogen (secondary N) is 2. The summed E-state index contributed by atoms with van der Waals surface area (Å²) in [6.07, 6.45) is 2.34. The maximum atomic E-state index is 12.3. The highest BCUT2D eigenvalue weighted by Crippen LogP contribution is 2.18. The Morgan fingerprint density at radius 3 is 2.28 bits per heavy atom. The Bertz CT molecular complexity index is 711. The fourth-order valence-corrected chi connectivity index (χ4v) is 2.31. The number of anilines is 2. The summed E-state index contributed by atoms with van der Waals surface area (Å²) in [6, 6.07) is 14.1. The number of hydrogen-bond acceptors (Lipinski definition) is 3. The lowest BCUT2D eigenvalue weighted by atomic mass is 10.2. The Balaban J connectivity index is 1.98. The van der Waals surface area contributed by atoms with Gasteiger partial charge >= 0.3 is 0 Å². The van der Waals surface area contributed by atoms with E-state index < -0.39 is 0 Å². The molecule has 2 rings (SSSR count). The lowest BCUT2D eigenvalue weighted by Gasteiger charge is -2.09. The minimum atomic E-state index is -0.211. The number of rotatable bonds is 8. The van der Waals surface area contributed by atoms with E-state index in [4.69, 9.17) is 4.74 Å². The van der Waals surface area contributed by atoms with Crippen molar-refractivity contribution in [2.24, 2.45) is 0 Å². The van der Waals surface area contributed by atoms with Gasteiger partial charge in [-0.15, -0.1) is 0 Å². The lowest BCUT2D eigenvalue weighted by Crippen LogP contribution is -2.13. The summed E-state index contributed by atoms with van der Waals surface area (Å²) in [5.74, 6) is 0.505. The molecule has 0 atom stereocenters. The molecular weight excluding hydrogens is 316 g/mol. The summed E-state index contributed by atoms with van der Waals surface area (Å²) in [7, 11) is 0. The van der Waals surface area contributed by atoms with Gasteiger partial charge in [0, 0.05) is 23.4 Å². The maximum Gasteiger partial charge on any atom is 0.255 e. The van der Waals surface area contributed by atoms with Gasteiger partial charge in [-0.1, -0.05) is 19.4 Å². The highest BCUT2D eigenvalue weighted by molar-refractivity contribution is 6.04. The second-order valence-electron chi connectivity index (χ2n) is 5.64. The third kappa shape index (κ3) is 5.95. The molecule has 132 valence electrons. The molecule has 0 spiro atoms. The van der Waals surface area contributed by atoms with Crippen LogP contribution in [0.4, 0.5) is 11.4 Å². The number of benzene rings is 2. The van der Waals surface area contributed by atoms with E-state index in [1.54, 1.807) is 48.5 Å². The van der Waals surface area contributed by atoms with Gasteiger partial charge in [0.2, 0.25) is 5.91 Å². The maximum absolute atomic E-state index is 12.3. The van der Waals surface area contributed by atoms with E-state index in [1.807, 2.05) is 13.8 Å². The van der Waals surface area contributed by atoms with Crippen LogP contribution in [0.3, 0.4) is 0 Å². The average molecular weight is 340 g/mol. The van der Waals surface area contributed by atoms with Gasteiger partial charge in [-0.05, 0) is 55.8 Å². The normalized spacial score (nSPS) is 10.2. The first kappa shape index (κ1) is 18.5. The van der Waals surface area contributed by atoms with Gasteiger partial charge < -0.3 is 15.4 Å². The Morgan fingerprint density at radius 2 is 1.64 bits per heavy atom. The second-order valence-corrected chi connectivity index (χ2v) is 5.64. The smallest absolute Gasteiger partial charge is 0.255 e. The molecule has 5 heteroatoms. The van der Waals surface area contributed by atoms with E-state index in [1.165, 1.54) is 0 Å². The average Bonchev–Trinajstić information content (AvgIpc) is 2.61. The SMILES string of the molecule is CCCCC(=O)Nc1cccc(NC(=O)c2ccc(OCC)cc2)c1. The summed E-state index contributed by atoms with van der Waals surface area (Å²) in [5, 5.41) is 5.68. The van der Waals surface area contributed by atoms with E-state index in [2.05, 4.69) is 10.6 Å². The van der Waals surface area contributed by atoms with E-state index in [9.17, 15) is 9.59 Å². The molecule has 0 aliphatic heterocycles. The number of amides is 2. The molecule has 0 unspecified atom stereocenters. The van der Waals surface area contributed by atoms with Crippen molar-refractivity contribution in [2.45, 2.75) is 33.1 Å². The molecule has 0 saturated carbocycles. The highest BCUT2D eigenvalue weighted by Gasteiger charge is 2.08. The molecule has 0 aliphatic carbocycles. The van der Waals surface area contributed by atoms with Gasteiger partial charge in [-0.3, -0.25) is 9.59 Å². The van der Waals surface area contributed by atoms with Crippen LogP contribution in [-0.2, 0) is 4.79 Å². The monoisotopic (exact) mass is 340 g/mol. The number of carbonyl (C=O) groups is 2. The molecule has 0 radical (unpaired) electrons. The first-order valence-electron chi connectivity index (χ1n) is 8.56. The minimum absolute atomic E-state index is 0.0168. The van der Waals surface area contributed by atoms with Gasteiger partial charge in [0.05, 0.1) is 6.61 Å². The molecule has 0 aliphatic rings. The highest BCUT2D eigenvalue weighted by atomic mass is 16.5. The van der Waals surface area contributed by atoms with Crippen molar-refractivity contribution in [3.05, 3.63) is 54.1 Å². The molecule has 0 aromatic heterocycles. The van der Waals surface area contributed by atoms with Crippen molar-refractivity contribution >= 4 is 23.2 Å². The zero-order chi connectivity index (χ0) is 18.1. The first-order valence-corrected chi connectivity index (χ1v) is 8.56. The van der Waals surface area contributed by atoms with Crippen LogP contribution in [0.25, 0.3) is 0 Å². The number of hydrogen-bond donors (Lipinski definition) is 2. The molecule has 5 nitrogen and oxygen atoms in total. The molecule has 0 heterocycles. The van der Waals surface area contributed by atoms with Gasteiger partial charge in [0.1, 0.15) is 5.75 Å². The summed E-state index contributed by atoms with van der Waals surface area (Å²) >= 11 is 0. The molecule has 0 saturated heterocycles. The summed E-state index contributed by atoms with van der Waals surface area (Å²) in [4.78, 5) is 24.1. The fourth-order valence-electron chi connectivity index (χ4n) is 2.31. The van der Waals surface area contributed by atoms with Crippen LogP contribution in [0.1, 0.15) is 43.5 Å². The quantitative estimate of drug-likeness (QED) is 0.745. The molecule has 0 bridgehead atoms. The molecule has 0 fully saturated rings. The predicted molar refractivity (Wildman–Crippen MR) is 100 cm³/mol. The third-order valence-corrected chi connectivity index (χ3v) is 3.59. The summed E-state index contributed by atoms with van der Waals surface area (Å²) < 4.78 is 5.37. The Labute approximate surface area is 148 Å². The minimum Gasteiger partial charge on any atom is -0.494 e. The van der Waals surface area contributed by atoms with Crippen molar-refractivity contribution in [3.63, 3.8) is 0 Å². The van der Waals surface area contributed by atoms with Gasteiger partial charge in [0.15, 0.2) is 0 Å². The lowest BCUT2D eigenvalue weighted by molar-refractivity contribution is -0.116. The number of carbonyl (C=O) groups excluding carboxylic acids is 2. The molecule has 2 amide bonds. The van der Waals surface area contributed by atoms with Gasteiger partial charge in [0.25, 0.3) is 5.91 Å². The van der Waals surface area contributed by atoms with Crippen LogP contribution in [0.15, 0.2) is 48.5 Å². The zero-order valence-corrected chi connectivity index (χ0v) is 14.7. The first-order chi connectivity index (χ1) is 12.1. The predicted octanol–water partition coefficient (Wildman–Crippen LogP) is 4.47. The molecule has 2 aromatic rings. The topological polar surface area (TPSA) is 67.4 Å². The van der Waals surface area contributed by atoms with Crippen molar-refractivity contribution in [2.75, 3.05) is 17.2 Å². The molecule has 2 N–H and O–H groups in total. The van der Waals surface area contributed by atoms with Crippen LogP contribution in [0.5, 0.6) is 5.75 Å². The zero-order valence-electron chi connectivity index (χ0n) is 14.7. The summed E-state index contributed by atoms with van der Waals surface area (Å²) in [5.41, 5.74) is 1.85. The van der Waals surface area contributed by atoms with E-state index in [0.717, 1.165) is 18.6 Å². The van der Waals surface area contributed by atoms with Crippen molar-refractivity contribution < 1.29 is 14.3 Å². The summed E-state index contributed by atoms with van der Waals surface area (Å²) in [6.45, 7) is 4.54. The second kappa shape index (κ2) is 9.47. The number of unbranched alkanes of at least 4 members (excludes halogenated alkanes) is 1. The van der Waals surface area contributed by atoms with Crippen molar-refractivity contribution in [3.8, 4) is 5.75 Å². The van der Waals surface area contributed by atoms with Crippen molar-refractivity contribution in [1.29, 1.82) is 0 Å². The Hall–Kier alpha value is -2.82. The van der Waals surface area contributed by atoms with Crippen molar-refractivity contribution in [1.82, 2.24) is 0 Å². The van der Waals surface area contributed by atoms with Gasteiger partial charge in [-0.2, -0.15) is 0 Å². The van der Waals surface area contributed by atoms with Crippen LogP contribution < -0.4 is 15.4 Å². The van der Waals surface area contributed by atoms with Gasteiger partial charge in [-0.25, -0.2) is 0 Å². The molecular formula is C20H24N2O3. The Kier molecular flexibility index (Phi) is 7.01. The van der Waals surface area contributed by atoms with E-state index in [0.29, 0.717) is 30.0 Å². The van der Waals surface area contributed by atoms with Crippen LogP contribution in [-0.4, -0.2) is 18.4 Å². The standard InChI is InChI=1S/C20H24N2O3/c1-3-5-9-19(23)21-16-7-6-8-17(14-16)22-20(24)15-10-12-18(13-11-15)25-4-2/h6-8,10-14H,3-5,9H2,1-2H3,(H,21,23)(H,22,24). The van der Waals surface area contributed by atoms with E-state index >= 15 is 0 Å².